The average Bonchev–Trinajstić information content (AvgIpc) is 2.57. The highest BCUT2D eigenvalue weighted by atomic mass is 16.1. The van der Waals surface area contributed by atoms with E-state index < -0.39 is 0 Å². The van der Waals surface area contributed by atoms with Gasteiger partial charge in [0.25, 0.3) is 5.56 Å². The number of benzene rings is 1. The number of piperidine rings is 1. The number of nitrogens with one attached hydrogen (secondary N) is 1. The molecule has 1 saturated carbocycles. The molecule has 120 valence electrons. The Hall–Kier alpha value is -1.68. The molecule has 4 heteroatoms. The standard InChI is InChI=1S/C19H23N3O/c1-22-7-6-19-5-3-2-4-13(19)17(22)9-12-8-15-16(10-14(12)19)21-18(23)11-20-15/h8,10-11,13,17H,2-7,9H2,1H3,(H,21,23)/t13-,17+,19+/m0/s1. The highest BCUT2D eigenvalue weighted by Gasteiger charge is 2.53. The zero-order valence-corrected chi connectivity index (χ0v) is 13.6. The number of H-pyrrole nitrogens is 1. The van der Waals surface area contributed by atoms with Gasteiger partial charge in [0, 0.05) is 11.5 Å². The van der Waals surface area contributed by atoms with Crippen molar-refractivity contribution < 1.29 is 0 Å². The maximum atomic E-state index is 11.7. The molecule has 2 aromatic rings. The summed E-state index contributed by atoms with van der Waals surface area (Å²) < 4.78 is 0. The third-order valence-electron chi connectivity index (χ3n) is 6.80. The molecular formula is C19H23N3O. The maximum Gasteiger partial charge on any atom is 0.266 e. The van der Waals surface area contributed by atoms with Crippen molar-refractivity contribution in [1.82, 2.24) is 14.9 Å². The molecule has 5 rings (SSSR count). The largest absolute Gasteiger partial charge is 0.319 e. The Kier molecular flexibility index (Phi) is 2.79. The second-order valence-corrected chi connectivity index (χ2v) is 7.78. The van der Waals surface area contributed by atoms with Crippen molar-refractivity contribution in [3.05, 3.63) is 39.8 Å². The van der Waals surface area contributed by atoms with E-state index in [0.717, 1.165) is 23.4 Å². The molecule has 4 nitrogen and oxygen atoms in total. The fourth-order valence-electron chi connectivity index (χ4n) is 5.74. The van der Waals surface area contributed by atoms with Crippen LogP contribution < -0.4 is 5.56 Å². The fourth-order valence-corrected chi connectivity index (χ4v) is 5.74. The molecule has 1 N–H and O–H groups in total. The molecule has 2 bridgehead atoms. The van der Waals surface area contributed by atoms with Crippen molar-refractivity contribution in [1.29, 1.82) is 0 Å². The second-order valence-electron chi connectivity index (χ2n) is 7.78. The molecule has 0 spiro atoms. The zero-order chi connectivity index (χ0) is 15.6. The van der Waals surface area contributed by atoms with Crippen LogP contribution in [0.15, 0.2) is 23.1 Å². The normalized spacial score (nSPS) is 33.3. The summed E-state index contributed by atoms with van der Waals surface area (Å²) in [6, 6.07) is 5.18. The van der Waals surface area contributed by atoms with E-state index >= 15 is 0 Å². The Morgan fingerprint density at radius 2 is 2.22 bits per heavy atom. The van der Waals surface area contributed by atoms with Crippen LogP contribution >= 0.6 is 0 Å². The molecule has 1 aromatic carbocycles. The Labute approximate surface area is 135 Å². The highest BCUT2D eigenvalue weighted by Crippen LogP contribution is 2.55. The highest BCUT2D eigenvalue weighted by molar-refractivity contribution is 5.77. The molecule has 1 aromatic heterocycles. The third kappa shape index (κ3) is 1.81. The van der Waals surface area contributed by atoms with Crippen LogP contribution in [0.5, 0.6) is 0 Å². The van der Waals surface area contributed by atoms with Crippen molar-refractivity contribution in [2.24, 2.45) is 5.92 Å². The van der Waals surface area contributed by atoms with Crippen molar-refractivity contribution in [3.8, 4) is 0 Å². The molecule has 23 heavy (non-hydrogen) atoms. The first-order valence-electron chi connectivity index (χ1n) is 8.90. The van der Waals surface area contributed by atoms with Gasteiger partial charge in [0.2, 0.25) is 0 Å². The number of aromatic nitrogens is 2. The van der Waals surface area contributed by atoms with Crippen LogP contribution in [0.1, 0.15) is 43.2 Å². The summed E-state index contributed by atoms with van der Waals surface area (Å²) >= 11 is 0. The van der Waals surface area contributed by atoms with Crippen LogP contribution in [0, 0.1) is 5.92 Å². The summed E-state index contributed by atoms with van der Waals surface area (Å²) in [5.41, 5.74) is 5.05. The maximum absolute atomic E-state index is 11.7. The van der Waals surface area contributed by atoms with E-state index in [-0.39, 0.29) is 5.56 Å². The SMILES string of the molecule is CN1CC[C@]23CCCC[C@H]2[C@H]1Cc1cc2ncc(=O)[nH]c2cc13. The van der Waals surface area contributed by atoms with Gasteiger partial charge in [-0.25, -0.2) is 4.98 Å². The van der Waals surface area contributed by atoms with Crippen LogP contribution in [0.3, 0.4) is 0 Å². The number of fused-ring (bicyclic) bond motifs is 2. The number of rotatable bonds is 0. The Balaban J connectivity index is 1.77. The molecular weight excluding hydrogens is 286 g/mol. The third-order valence-corrected chi connectivity index (χ3v) is 6.80. The van der Waals surface area contributed by atoms with Gasteiger partial charge in [0.1, 0.15) is 0 Å². The summed E-state index contributed by atoms with van der Waals surface area (Å²) in [5.74, 6) is 0.781. The smallest absolute Gasteiger partial charge is 0.266 e. The minimum atomic E-state index is -0.104. The monoisotopic (exact) mass is 309 g/mol. The summed E-state index contributed by atoms with van der Waals surface area (Å²) in [7, 11) is 2.30. The first-order valence-corrected chi connectivity index (χ1v) is 8.90. The Morgan fingerprint density at radius 3 is 3.13 bits per heavy atom. The first kappa shape index (κ1) is 13.7. The van der Waals surface area contributed by atoms with E-state index in [0.29, 0.717) is 11.5 Å². The van der Waals surface area contributed by atoms with Crippen molar-refractivity contribution in [3.63, 3.8) is 0 Å². The lowest BCUT2D eigenvalue weighted by molar-refractivity contribution is 0.00297. The predicted octanol–water partition coefficient (Wildman–Crippen LogP) is 2.61. The summed E-state index contributed by atoms with van der Waals surface area (Å²) in [6.45, 7) is 1.20. The number of hydrogen-bond acceptors (Lipinski definition) is 3. The van der Waals surface area contributed by atoms with E-state index in [1.54, 1.807) is 0 Å². The topological polar surface area (TPSA) is 49.0 Å². The minimum absolute atomic E-state index is 0.104. The molecule has 1 saturated heterocycles. The molecule has 2 heterocycles. The lowest BCUT2D eigenvalue weighted by Gasteiger charge is -2.58. The van der Waals surface area contributed by atoms with Crippen molar-refractivity contribution >= 4 is 11.0 Å². The summed E-state index contributed by atoms with van der Waals surface area (Å²) in [5, 5.41) is 0. The van der Waals surface area contributed by atoms with Gasteiger partial charge in [-0.1, -0.05) is 12.8 Å². The lowest BCUT2D eigenvalue weighted by Crippen LogP contribution is -2.59. The molecule has 2 fully saturated rings. The van der Waals surface area contributed by atoms with Gasteiger partial charge in [-0.15, -0.1) is 0 Å². The molecule has 1 aliphatic heterocycles. The van der Waals surface area contributed by atoms with Gasteiger partial charge in [-0.3, -0.25) is 4.79 Å². The molecule has 0 radical (unpaired) electrons. The van der Waals surface area contributed by atoms with E-state index in [1.165, 1.54) is 56.0 Å². The van der Waals surface area contributed by atoms with Crippen molar-refractivity contribution in [2.75, 3.05) is 13.6 Å². The van der Waals surface area contributed by atoms with Gasteiger partial charge >= 0.3 is 0 Å². The van der Waals surface area contributed by atoms with Crippen LogP contribution in [0.2, 0.25) is 0 Å². The second kappa shape index (κ2) is 4.67. The van der Waals surface area contributed by atoms with Gasteiger partial charge in [-0.2, -0.15) is 0 Å². The van der Waals surface area contributed by atoms with Gasteiger partial charge in [0.05, 0.1) is 17.2 Å². The van der Waals surface area contributed by atoms with E-state index in [2.05, 4.69) is 34.0 Å². The number of likely N-dealkylation sites (N-methyl/N-ethyl adjacent to an activating group) is 1. The predicted molar refractivity (Wildman–Crippen MR) is 90.7 cm³/mol. The Morgan fingerprint density at radius 1 is 1.30 bits per heavy atom. The summed E-state index contributed by atoms with van der Waals surface area (Å²) in [6.07, 6.45) is 9.17. The lowest BCUT2D eigenvalue weighted by atomic mass is 9.52. The van der Waals surface area contributed by atoms with Gasteiger partial charge < -0.3 is 9.88 Å². The molecule has 0 amide bonds. The first-order chi connectivity index (χ1) is 11.2. The Bertz CT molecular complexity index is 842. The van der Waals surface area contributed by atoms with Gasteiger partial charge in [-0.05, 0) is 68.5 Å². The van der Waals surface area contributed by atoms with E-state index in [4.69, 9.17) is 0 Å². The molecule has 3 aliphatic rings. The molecule has 3 atom stereocenters. The van der Waals surface area contributed by atoms with E-state index in [1.807, 2.05) is 0 Å². The van der Waals surface area contributed by atoms with Crippen molar-refractivity contribution in [2.45, 2.75) is 50.0 Å². The number of aromatic amines is 1. The van der Waals surface area contributed by atoms with Gasteiger partial charge in [0.15, 0.2) is 0 Å². The van der Waals surface area contributed by atoms with Crippen LogP contribution in [-0.4, -0.2) is 34.5 Å². The quantitative estimate of drug-likeness (QED) is 0.814. The molecule has 0 unspecified atom stereocenters. The molecule has 2 aliphatic carbocycles. The zero-order valence-electron chi connectivity index (χ0n) is 13.6. The average molecular weight is 309 g/mol. The van der Waals surface area contributed by atoms with E-state index in [9.17, 15) is 4.79 Å². The minimum Gasteiger partial charge on any atom is -0.319 e. The van der Waals surface area contributed by atoms with Crippen LogP contribution in [0.25, 0.3) is 11.0 Å². The van der Waals surface area contributed by atoms with Crippen LogP contribution in [0.4, 0.5) is 0 Å². The number of hydrogen-bond donors (Lipinski definition) is 1. The number of likely N-dealkylation sites (tertiary alicyclic amines) is 1. The fraction of sp³-hybridized carbons (Fsp3) is 0.579. The summed E-state index contributed by atoms with van der Waals surface area (Å²) in [4.78, 5) is 21.6. The number of nitrogens with zero attached hydrogens (tertiary/aromatic N) is 2. The van der Waals surface area contributed by atoms with Crippen LogP contribution in [-0.2, 0) is 11.8 Å².